The second-order valence-corrected chi connectivity index (χ2v) is 4.25. The van der Waals surface area contributed by atoms with E-state index in [1.54, 1.807) is 0 Å². The van der Waals surface area contributed by atoms with E-state index in [1.165, 1.54) is 5.56 Å². The van der Waals surface area contributed by atoms with Gasteiger partial charge in [0.1, 0.15) is 0 Å². The summed E-state index contributed by atoms with van der Waals surface area (Å²) in [4.78, 5) is 2.10. The van der Waals surface area contributed by atoms with Crippen LogP contribution in [0.2, 0.25) is 0 Å². The Balaban J connectivity index is 0.00000180. The largest absolute Gasteiger partial charge is 0.375 e. The van der Waals surface area contributed by atoms with Gasteiger partial charge in [0.15, 0.2) is 0 Å². The molecule has 2 heteroatoms. The fourth-order valence-electron chi connectivity index (χ4n) is 2.01. The Morgan fingerprint density at radius 3 is 2.47 bits per heavy atom. The number of hydrogen-bond acceptors (Lipinski definition) is 1. The molecule has 1 aliphatic rings. The van der Waals surface area contributed by atoms with Crippen molar-refractivity contribution >= 4 is 5.70 Å². The van der Waals surface area contributed by atoms with Gasteiger partial charge in [-0.3, -0.25) is 0 Å². The van der Waals surface area contributed by atoms with Crippen molar-refractivity contribution in [3.8, 4) is 12.3 Å². The minimum absolute atomic E-state index is 0. The average Bonchev–Trinajstić information content (AvgIpc) is 2.39. The number of benzene rings is 1. The summed E-state index contributed by atoms with van der Waals surface area (Å²) in [6, 6.07) is 8.40. The number of hydrogen-bond donors (Lipinski definition) is 0. The number of likely N-dealkylation sites (N-methyl/N-ethyl adjacent to an activating group) is 1. The van der Waals surface area contributed by atoms with Crippen LogP contribution in [0, 0.1) is 25.3 Å². The Morgan fingerprint density at radius 1 is 1.32 bits per heavy atom. The van der Waals surface area contributed by atoms with Gasteiger partial charge >= 0.3 is 0 Å². The first-order valence-corrected chi connectivity index (χ1v) is 6.01. The summed E-state index contributed by atoms with van der Waals surface area (Å²) < 4.78 is 0. The normalized spacial score (nSPS) is 14.2. The third-order valence-corrected chi connectivity index (χ3v) is 3.06. The molecule has 2 rings (SSSR count). The molecule has 0 spiro atoms. The zero-order valence-electron chi connectivity index (χ0n) is 11.4. The van der Waals surface area contributed by atoms with Crippen LogP contribution in [0.5, 0.6) is 0 Å². The molecule has 0 saturated carbocycles. The second kappa shape index (κ2) is 6.89. The van der Waals surface area contributed by atoms with Gasteiger partial charge in [-0.25, -0.2) is 0 Å². The Kier molecular flexibility index (Phi) is 5.79. The monoisotopic (exact) mass is 323 g/mol. The molecule has 0 aliphatic carbocycles. The van der Waals surface area contributed by atoms with Crippen LogP contribution in [0.4, 0.5) is 0 Å². The molecule has 1 nitrogen and oxygen atoms in total. The molecule has 0 atom stereocenters. The molecular formula is C17H16NY-. The quantitative estimate of drug-likeness (QED) is 0.594. The first-order chi connectivity index (χ1) is 8.67. The Hall–Kier alpha value is -1.10. The summed E-state index contributed by atoms with van der Waals surface area (Å²) in [6.45, 7) is 9.06. The average molecular weight is 323 g/mol. The van der Waals surface area contributed by atoms with E-state index in [9.17, 15) is 0 Å². The molecule has 0 bridgehead atoms. The maximum Gasteiger partial charge on any atom is 0.0170 e. The molecule has 0 N–H and O–H groups in total. The van der Waals surface area contributed by atoms with E-state index in [4.69, 9.17) is 6.42 Å². The fraction of sp³-hybridized carbons (Fsp3) is 0.176. The smallest absolute Gasteiger partial charge is 0.0170 e. The van der Waals surface area contributed by atoms with Gasteiger partial charge in [-0.15, -0.1) is 24.5 Å². The number of terminal acetylenes is 1. The van der Waals surface area contributed by atoms with Crippen LogP contribution in [-0.2, 0) is 32.7 Å². The first kappa shape index (κ1) is 16.0. The Bertz CT molecular complexity index is 570. The summed E-state index contributed by atoms with van der Waals surface area (Å²) in [5.41, 5.74) is 5.08. The van der Waals surface area contributed by atoms with Gasteiger partial charge in [0.25, 0.3) is 0 Å². The van der Waals surface area contributed by atoms with E-state index in [0.29, 0.717) is 0 Å². The second-order valence-electron chi connectivity index (χ2n) is 4.25. The van der Waals surface area contributed by atoms with E-state index in [1.807, 2.05) is 6.08 Å². The van der Waals surface area contributed by atoms with Gasteiger partial charge in [0.2, 0.25) is 0 Å². The minimum atomic E-state index is 0. The number of nitrogens with zero attached hydrogens (tertiary/aromatic N) is 1. The molecule has 1 radical (unpaired) electrons. The van der Waals surface area contributed by atoms with Crippen molar-refractivity contribution < 1.29 is 32.7 Å². The summed E-state index contributed by atoms with van der Waals surface area (Å²) in [7, 11) is 0. The van der Waals surface area contributed by atoms with Crippen molar-refractivity contribution in [3.05, 3.63) is 65.4 Å². The number of allylic oxidation sites excluding steroid dienone is 3. The summed E-state index contributed by atoms with van der Waals surface area (Å²) in [5.74, 6) is 2.64. The van der Waals surface area contributed by atoms with Gasteiger partial charge in [0, 0.05) is 39.3 Å². The van der Waals surface area contributed by atoms with Gasteiger partial charge in [-0.1, -0.05) is 41.1 Å². The van der Waals surface area contributed by atoms with Gasteiger partial charge < -0.3 is 4.90 Å². The molecule has 1 aliphatic heterocycles. The van der Waals surface area contributed by atoms with Gasteiger partial charge in [-0.2, -0.15) is 12.2 Å². The zero-order valence-corrected chi connectivity index (χ0v) is 14.2. The van der Waals surface area contributed by atoms with Crippen LogP contribution in [0.15, 0.2) is 48.2 Å². The zero-order chi connectivity index (χ0) is 13.1. The van der Waals surface area contributed by atoms with Crippen LogP contribution < -0.4 is 0 Å². The number of aryl methyl sites for hydroxylation is 1. The van der Waals surface area contributed by atoms with E-state index in [-0.39, 0.29) is 32.7 Å². The predicted molar refractivity (Wildman–Crippen MR) is 76.3 cm³/mol. The Labute approximate surface area is 141 Å². The van der Waals surface area contributed by atoms with Crippen LogP contribution in [0.25, 0.3) is 5.70 Å². The third-order valence-electron chi connectivity index (χ3n) is 3.06. The minimum Gasteiger partial charge on any atom is -0.375 e. The molecule has 1 aromatic carbocycles. The fourth-order valence-corrected chi connectivity index (χ4v) is 2.01. The molecule has 19 heavy (non-hydrogen) atoms. The van der Waals surface area contributed by atoms with Crippen LogP contribution in [-0.4, -0.2) is 11.4 Å². The maximum atomic E-state index is 5.46. The number of rotatable bonds is 2. The molecule has 0 fully saturated rings. The van der Waals surface area contributed by atoms with Crippen LogP contribution in [0.3, 0.4) is 0 Å². The van der Waals surface area contributed by atoms with Crippen molar-refractivity contribution in [3.63, 3.8) is 0 Å². The summed E-state index contributed by atoms with van der Waals surface area (Å²) in [5, 5.41) is 0. The van der Waals surface area contributed by atoms with E-state index in [0.717, 1.165) is 29.1 Å². The molecule has 0 amide bonds. The SMILES string of the molecule is C#CC1=C[C-]=C(c2ccc(C)cc2)N(CC)C1=C.[Y]. The van der Waals surface area contributed by atoms with E-state index < -0.39 is 0 Å². The van der Waals surface area contributed by atoms with E-state index in [2.05, 4.69) is 61.6 Å². The van der Waals surface area contributed by atoms with Gasteiger partial charge in [-0.05, 0) is 19.5 Å². The molecule has 1 aromatic rings. The van der Waals surface area contributed by atoms with Crippen LogP contribution in [0.1, 0.15) is 18.1 Å². The topological polar surface area (TPSA) is 3.24 Å². The molecular weight excluding hydrogens is 307 g/mol. The summed E-state index contributed by atoms with van der Waals surface area (Å²) >= 11 is 0. The van der Waals surface area contributed by atoms with Crippen molar-refractivity contribution in [2.45, 2.75) is 13.8 Å². The molecule has 93 valence electrons. The first-order valence-electron chi connectivity index (χ1n) is 6.01. The molecule has 0 saturated heterocycles. The molecule has 1 heterocycles. The van der Waals surface area contributed by atoms with Gasteiger partial charge in [0.05, 0.1) is 0 Å². The summed E-state index contributed by atoms with van der Waals surface area (Å²) in [6.07, 6.45) is 10.6. The maximum absolute atomic E-state index is 5.46. The molecule has 0 unspecified atom stereocenters. The third kappa shape index (κ3) is 3.27. The van der Waals surface area contributed by atoms with E-state index >= 15 is 0 Å². The van der Waals surface area contributed by atoms with Crippen LogP contribution >= 0.6 is 0 Å². The van der Waals surface area contributed by atoms with Crippen molar-refractivity contribution in [1.29, 1.82) is 0 Å². The molecule has 0 aromatic heterocycles. The Morgan fingerprint density at radius 2 is 1.95 bits per heavy atom. The van der Waals surface area contributed by atoms with Crippen molar-refractivity contribution in [1.82, 2.24) is 4.90 Å². The standard InChI is InChI=1S/C17H16N.Y/c1-5-15-11-12-17(18(6-2)14(15)4)16-9-7-13(3)8-10-16;/h1,7-11H,4,6H2,2-3H3;/q-1;. The predicted octanol–water partition coefficient (Wildman–Crippen LogP) is 3.55. The van der Waals surface area contributed by atoms with Crippen molar-refractivity contribution in [2.75, 3.05) is 6.54 Å². The van der Waals surface area contributed by atoms with Crippen molar-refractivity contribution in [2.24, 2.45) is 0 Å².